The van der Waals surface area contributed by atoms with Gasteiger partial charge in [0.2, 0.25) is 0 Å². The van der Waals surface area contributed by atoms with E-state index in [0.29, 0.717) is 34.0 Å². The van der Waals surface area contributed by atoms with Gasteiger partial charge in [0.05, 0.1) is 12.2 Å². The minimum Gasteiger partial charge on any atom is -0.384 e. The third kappa shape index (κ3) is 5.05. The van der Waals surface area contributed by atoms with Gasteiger partial charge in [0, 0.05) is 33.6 Å². The van der Waals surface area contributed by atoms with Crippen molar-refractivity contribution in [1.82, 2.24) is 4.98 Å². The van der Waals surface area contributed by atoms with Gasteiger partial charge in [-0.25, -0.2) is 0 Å². The minimum atomic E-state index is -0.0644. The van der Waals surface area contributed by atoms with E-state index in [1.807, 2.05) is 30.3 Å². The molecule has 6 heteroatoms. The van der Waals surface area contributed by atoms with Crippen molar-refractivity contribution < 1.29 is 4.79 Å². The average Bonchev–Trinajstić information content (AvgIpc) is 2.73. The molecule has 0 aliphatic rings. The third-order valence-electron chi connectivity index (χ3n) is 4.05. The van der Waals surface area contributed by atoms with Gasteiger partial charge < -0.3 is 11.1 Å². The van der Waals surface area contributed by atoms with E-state index in [-0.39, 0.29) is 11.6 Å². The summed E-state index contributed by atoms with van der Waals surface area (Å²) in [7, 11) is 0. The van der Waals surface area contributed by atoms with Crippen molar-refractivity contribution in [2.45, 2.75) is 0 Å². The predicted octanol–water partition coefficient (Wildman–Crippen LogP) is 4.29. The average molecular weight is 391 g/mol. The van der Waals surface area contributed by atoms with Gasteiger partial charge >= 0.3 is 0 Å². The van der Waals surface area contributed by atoms with Gasteiger partial charge in [-0.1, -0.05) is 41.9 Å². The first-order valence-corrected chi connectivity index (χ1v) is 9.01. The molecule has 4 N–H and O–H groups in total. The largest absolute Gasteiger partial charge is 0.384 e. The smallest absolute Gasteiger partial charge is 0.194 e. The van der Waals surface area contributed by atoms with Crippen LogP contribution in [0.2, 0.25) is 0 Å². The molecule has 5 nitrogen and oxygen atoms in total. The molecule has 28 heavy (non-hydrogen) atoms. The van der Waals surface area contributed by atoms with Crippen LogP contribution in [-0.4, -0.2) is 23.1 Å². The van der Waals surface area contributed by atoms with Crippen molar-refractivity contribution in [3.05, 3.63) is 100 Å². The molecule has 0 unspecified atom stereocenters. The number of nitrogens with two attached hydrogens (primary N) is 1. The molecular weight excluding hydrogens is 372 g/mol. The van der Waals surface area contributed by atoms with E-state index < -0.39 is 0 Å². The lowest BCUT2D eigenvalue weighted by Gasteiger charge is -2.07. The molecule has 3 rings (SSSR count). The van der Waals surface area contributed by atoms with Crippen molar-refractivity contribution in [3.63, 3.8) is 0 Å². The second-order valence-corrected chi connectivity index (χ2v) is 6.59. The number of hydrogen-bond acceptors (Lipinski definition) is 4. The summed E-state index contributed by atoms with van der Waals surface area (Å²) < 4.78 is 0. The van der Waals surface area contributed by atoms with Crippen LogP contribution < -0.4 is 11.1 Å². The summed E-state index contributed by atoms with van der Waals surface area (Å²) in [6, 6.07) is 19.8. The highest BCUT2D eigenvalue weighted by Crippen LogP contribution is 2.14. The van der Waals surface area contributed by atoms with Gasteiger partial charge in [-0.3, -0.25) is 15.2 Å². The van der Waals surface area contributed by atoms with E-state index in [9.17, 15) is 4.79 Å². The van der Waals surface area contributed by atoms with Crippen LogP contribution in [0.15, 0.2) is 78.0 Å². The Morgan fingerprint density at radius 3 is 2.29 bits per heavy atom. The first kappa shape index (κ1) is 19.3. The number of amidine groups is 1. The van der Waals surface area contributed by atoms with Crippen molar-refractivity contribution in [1.29, 1.82) is 5.41 Å². The maximum Gasteiger partial charge on any atom is 0.194 e. The fraction of sp³-hybridized carbons (Fsp3) is 0.0455. The summed E-state index contributed by atoms with van der Waals surface area (Å²) in [5, 5.41) is 11.2. The first-order chi connectivity index (χ1) is 13.5. The molecule has 0 atom stereocenters. The number of nitrogens with one attached hydrogen (secondary N) is 2. The normalized spacial score (nSPS) is 11.1. The Balaban J connectivity index is 1.61. The van der Waals surface area contributed by atoms with Crippen LogP contribution in [0.3, 0.4) is 0 Å². The van der Waals surface area contributed by atoms with Gasteiger partial charge in [0.1, 0.15) is 5.84 Å². The maximum atomic E-state index is 12.4. The van der Waals surface area contributed by atoms with E-state index >= 15 is 0 Å². The van der Waals surface area contributed by atoms with Crippen molar-refractivity contribution in [3.8, 4) is 0 Å². The van der Waals surface area contributed by atoms with E-state index in [4.69, 9.17) is 22.7 Å². The van der Waals surface area contributed by atoms with Crippen molar-refractivity contribution in [2.75, 3.05) is 11.9 Å². The quantitative estimate of drug-likeness (QED) is 0.319. The molecule has 0 amide bonds. The highest BCUT2D eigenvalue weighted by Gasteiger charge is 2.08. The Bertz CT molecular complexity index is 997. The highest BCUT2D eigenvalue weighted by molar-refractivity contribution is 6.31. The van der Waals surface area contributed by atoms with Crippen LogP contribution in [0.5, 0.6) is 0 Å². The van der Waals surface area contributed by atoms with Gasteiger partial charge in [0.25, 0.3) is 0 Å². The van der Waals surface area contributed by atoms with Gasteiger partial charge in [-0.15, -0.1) is 0 Å². The Morgan fingerprint density at radius 2 is 1.68 bits per heavy atom. The minimum absolute atomic E-state index is 0.0322. The number of carbonyl (C=O) groups is 1. The zero-order valence-corrected chi connectivity index (χ0v) is 15.8. The molecule has 0 aliphatic heterocycles. The summed E-state index contributed by atoms with van der Waals surface area (Å²) in [5.74, 6) is -0.0323. The van der Waals surface area contributed by atoms with Gasteiger partial charge in [0.15, 0.2) is 5.78 Å². The third-order valence-corrected chi connectivity index (χ3v) is 4.29. The summed E-state index contributed by atoms with van der Waals surface area (Å²) >= 11 is 6.28. The summed E-state index contributed by atoms with van der Waals surface area (Å²) in [4.78, 5) is 16.7. The lowest BCUT2D eigenvalue weighted by molar-refractivity contribution is 0.103. The number of anilines is 1. The van der Waals surface area contributed by atoms with E-state index in [2.05, 4.69) is 10.3 Å². The van der Waals surface area contributed by atoms with Crippen molar-refractivity contribution in [2.24, 2.45) is 5.73 Å². The Morgan fingerprint density at radius 1 is 1.00 bits per heavy atom. The van der Waals surface area contributed by atoms with Crippen LogP contribution in [0.4, 0.5) is 5.69 Å². The number of nitrogens with zero attached hydrogens (tertiary/aromatic N) is 1. The molecule has 0 radical (unpaired) electrons. The van der Waals surface area contributed by atoms with Crippen LogP contribution in [-0.2, 0) is 0 Å². The number of hydrogen-bond donors (Lipinski definition) is 3. The molecule has 140 valence electrons. The Labute approximate surface area is 168 Å². The van der Waals surface area contributed by atoms with Crippen LogP contribution in [0, 0.1) is 5.41 Å². The number of pyridine rings is 1. The number of aromatic nitrogens is 1. The topological polar surface area (TPSA) is 91.9 Å². The van der Waals surface area contributed by atoms with Crippen LogP contribution in [0.25, 0.3) is 6.08 Å². The monoisotopic (exact) mass is 390 g/mol. The number of carbonyl (C=O) groups excluding carboxylic acids is 1. The zero-order valence-electron chi connectivity index (χ0n) is 15.0. The fourth-order valence-corrected chi connectivity index (χ4v) is 2.73. The maximum absolute atomic E-state index is 12.4. The number of halogens is 1. The predicted molar refractivity (Wildman–Crippen MR) is 114 cm³/mol. The molecule has 0 fully saturated rings. The Kier molecular flexibility index (Phi) is 6.19. The molecule has 1 heterocycles. The SMILES string of the molecule is N=C(N)c1ccc(NCC(Cl)=Cc2ccc(C(=O)c3ccccc3)cn2)cc1. The van der Waals surface area contributed by atoms with Gasteiger partial charge in [-0.2, -0.15) is 0 Å². The summed E-state index contributed by atoms with van der Waals surface area (Å²) in [6.45, 7) is 0.424. The van der Waals surface area contributed by atoms with E-state index in [0.717, 1.165) is 5.69 Å². The lowest BCUT2D eigenvalue weighted by Crippen LogP contribution is -2.10. The second kappa shape index (κ2) is 8.97. The molecule has 0 aliphatic carbocycles. The molecule has 0 saturated carbocycles. The summed E-state index contributed by atoms with van der Waals surface area (Å²) in [6.07, 6.45) is 3.30. The molecule has 1 aromatic heterocycles. The van der Waals surface area contributed by atoms with E-state index in [1.54, 1.807) is 48.7 Å². The molecule has 3 aromatic rings. The number of benzene rings is 2. The number of nitrogen functional groups attached to an aromatic ring is 1. The standard InChI is InChI=1S/C22H19ClN4O/c23-18(14-27-19-9-6-16(7-10-19)22(24)25)12-20-11-8-17(13-26-20)21(28)15-4-2-1-3-5-15/h1-13,27H,14H2,(H3,24,25). The second-order valence-electron chi connectivity index (χ2n) is 6.10. The molecule has 2 aromatic carbocycles. The van der Waals surface area contributed by atoms with Crippen LogP contribution in [0.1, 0.15) is 27.2 Å². The van der Waals surface area contributed by atoms with E-state index in [1.165, 1.54) is 0 Å². The molecule has 0 spiro atoms. The number of rotatable bonds is 7. The number of ketones is 1. The highest BCUT2D eigenvalue weighted by atomic mass is 35.5. The molecular formula is C22H19ClN4O. The molecule has 0 saturated heterocycles. The summed E-state index contributed by atoms with van der Waals surface area (Å²) in [5.41, 5.74) is 8.81. The lowest BCUT2D eigenvalue weighted by atomic mass is 10.1. The molecule has 0 bridgehead atoms. The fourth-order valence-electron chi connectivity index (χ4n) is 2.55. The zero-order chi connectivity index (χ0) is 19.9. The van der Waals surface area contributed by atoms with Crippen LogP contribution >= 0.6 is 11.6 Å². The Hall–Kier alpha value is -3.44. The van der Waals surface area contributed by atoms with Crippen molar-refractivity contribution >= 4 is 35.0 Å². The van der Waals surface area contributed by atoms with Gasteiger partial charge in [-0.05, 0) is 42.5 Å². The first-order valence-electron chi connectivity index (χ1n) is 8.63.